The van der Waals surface area contributed by atoms with Crippen molar-refractivity contribution >= 4 is 15.9 Å². The molecule has 0 spiro atoms. The predicted octanol–water partition coefficient (Wildman–Crippen LogP) is 4.88. The lowest BCUT2D eigenvalue weighted by Gasteiger charge is -2.29. The van der Waals surface area contributed by atoms with Crippen LogP contribution in [0.25, 0.3) is 0 Å². The summed E-state index contributed by atoms with van der Waals surface area (Å²) in [6, 6.07) is 3.31. The van der Waals surface area contributed by atoms with Gasteiger partial charge in [0.25, 0.3) is 0 Å². The van der Waals surface area contributed by atoms with Crippen molar-refractivity contribution in [2.24, 2.45) is 5.92 Å². The molecule has 3 rings (SSSR count). The van der Waals surface area contributed by atoms with Crippen LogP contribution in [-0.4, -0.2) is 17.5 Å². The molecular weight excluding hydrogens is 324 g/mol. The van der Waals surface area contributed by atoms with Crippen LogP contribution in [0.4, 0.5) is 8.78 Å². The van der Waals surface area contributed by atoms with Crippen LogP contribution in [0.3, 0.4) is 0 Å². The van der Waals surface area contributed by atoms with Gasteiger partial charge < -0.3 is 0 Å². The molecule has 1 saturated carbocycles. The molecule has 0 radical (unpaired) electrons. The van der Waals surface area contributed by atoms with E-state index in [0.717, 1.165) is 18.9 Å². The number of rotatable bonds is 3. The van der Waals surface area contributed by atoms with Gasteiger partial charge >= 0.3 is 0 Å². The van der Waals surface area contributed by atoms with Gasteiger partial charge in [0, 0.05) is 18.2 Å². The Morgan fingerprint density at radius 1 is 1.10 bits per heavy atom. The Morgan fingerprint density at radius 3 is 2.60 bits per heavy atom. The summed E-state index contributed by atoms with van der Waals surface area (Å²) in [5.74, 6) is -0.138. The number of hydrogen-bond donors (Lipinski definition) is 0. The fraction of sp³-hybridized carbons (Fsp3) is 0.625. The summed E-state index contributed by atoms with van der Waals surface area (Å²) in [6.07, 6.45) is 7.53. The number of halogens is 3. The standard InChI is InChI=1S/C16H20BrF2N/c17-13-7-8-14(18)12(16(13)19)10-20-9-3-6-15(20)11-4-1-2-5-11/h7-8,11,15H,1-6,9-10H2. The lowest BCUT2D eigenvalue weighted by Crippen LogP contribution is -2.34. The number of likely N-dealkylation sites (tertiary alicyclic amines) is 1. The van der Waals surface area contributed by atoms with Gasteiger partial charge in [0.15, 0.2) is 0 Å². The third kappa shape index (κ3) is 2.77. The van der Waals surface area contributed by atoms with E-state index in [9.17, 15) is 8.78 Å². The summed E-state index contributed by atoms with van der Waals surface area (Å²) in [5.41, 5.74) is 0.212. The van der Waals surface area contributed by atoms with Crippen molar-refractivity contribution in [3.8, 4) is 0 Å². The van der Waals surface area contributed by atoms with E-state index in [4.69, 9.17) is 0 Å². The molecule has 1 aromatic carbocycles. The molecule has 0 amide bonds. The normalized spacial score (nSPS) is 24.6. The van der Waals surface area contributed by atoms with Gasteiger partial charge in [-0.05, 0) is 66.2 Å². The van der Waals surface area contributed by atoms with Gasteiger partial charge in [-0.1, -0.05) is 12.8 Å². The molecule has 1 aromatic rings. The van der Waals surface area contributed by atoms with Crippen LogP contribution in [0, 0.1) is 17.6 Å². The van der Waals surface area contributed by atoms with Crippen LogP contribution < -0.4 is 0 Å². The molecule has 0 N–H and O–H groups in total. The molecule has 20 heavy (non-hydrogen) atoms. The zero-order valence-electron chi connectivity index (χ0n) is 11.5. The Bertz CT molecular complexity index is 486. The first-order valence-electron chi connectivity index (χ1n) is 7.53. The van der Waals surface area contributed by atoms with Crippen molar-refractivity contribution < 1.29 is 8.78 Å². The summed E-state index contributed by atoms with van der Waals surface area (Å²) in [4.78, 5) is 2.30. The highest BCUT2D eigenvalue weighted by atomic mass is 79.9. The van der Waals surface area contributed by atoms with Crippen LogP contribution in [-0.2, 0) is 6.54 Å². The molecular formula is C16H20BrF2N. The largest absolute Gasteiger partial charge is 0.296 e. The van der Waals surface area contributed by atoms with Crippen molar-refractivity contribution in [2.45, 2.75) is 51.1 Å². The van der Waals surface area contributed by atoms with Gasteiger partial charge in [-0.15, -0.1) is 0 Å². The maximum atomic E-state index is 14.1. The topological polar surface area (TPSA) is 3.24 Å². The Labute approximate surface area is 127 Å². The highest BCUT2D eigenvalue weighted by Crippen LogP contribution is 2.36. The van der Waals surface area contributed by atoms with E-state index in [-0.39, 0.29) is 5.56 Å². The second-order valence-corrected chi connectivity index (χ2v) is 6.90. The molecule has 4 heteroatoms. The van der Waals surface area contributed by atoms with Crippen molar-refractivity contribution in [2.75, 3.05) is 6.54 Å². The van der Waals surface area contributed by atoms with Gasteiger partial charge in [-0.25, -0.2) is 8.78 Å². The highest BCUT2D eigenvalue weighted by Gasteiger charge is 2.34. The molecule has 1 heterocycles. The van der Waals surface area contributed by atoms with Gasteiger partial charge in [0.1, 0.15) is 11.6 Å². The van der Waals surface area contributed by atoms with Crippen LogP contribution >= 0.6 is 15.9 Å². The monoisotopic (exact) mass is 343 g/mol. The smallest absolute Gasteiger partial charge is 0.144 e. The van der Waals surface area contributed by atoms with E-state index >= 15 is 0 Å². The molecule has 1 nitrogen and oxygen atoms in total. The zero-order valence-corrected chi connectivity index (χ0v) is 13.1. The average molecular weight is 344 g/mol. The van der Waals surface area contributed by atoms with Crippen LogP contribution in [0.1, 0.15) is 44.1 Å². The van der Waals surface area contributed by atoms with E-state index in [1.807, 2.05) is 0 Å². The van der Waals surface area contributed by atoms with Crippen LogP contribution in [0.2, 0.25) is 0 Å². The average Bonchev–Trinajstić information content (AvgIpc) is 3.09. The molecule has 110 valence electrons. The Kier molecular flexibility index (Phi) is 4.41. The maximum Gasteiger partial charge on any atom is 0.144 e. The lowest BCUT2D eigenvalue weighted by molar-refractivity contribution is 0.179. The zero-order chi connectivity index (χ0) is 14.1. The number of nitrogens with zero attached hydrogens (tertiary/aromatic N) is 1. The highest BCUT2D eigenvalue weighted by molar-refractivity contribution is 9.10. The quantitative estimate of drug-likeness (QED) is 0.707. The minimum atomic E-state index is -0.443. The maximum absolute atomic E-state index is 14.1. The summed E-state index contributed by atoms with van der Waals surface area (Å²) < 4.78 is 28.4. The minimum Gasteiger partial charge on any atom is -0.296 e. The molecule has 1 atom stereocenters. The van der Waals surface area contributed by atoms with E-state index in [1.54, 1.807) is 0 Å². The Morgan fingerprint density at radius 2 is 1.85 bits per heavy atom. The first kappa shape index (κ1) is 14.5. The summed E-state index contributed by atoms with van der Waals surface area (Å²) >= 11 is 3.15. The number of benzene rings is 1. The minimum absolute atomic E-state index is 0.212. The van der Waals surface area contributed by atoms with Gasteiger partial charge in [-0.2, -0.15) is 0 Å². The SMILES string of the molecule is Fc1ccc(Br)c(F)c1CN1CCCC1C1CCCC1. The van der Waals surface area contributed by atoms with E-state index in [0.29, 0.717) is 17.1 Å². The van der Waals surface area contributed by atoms with Crippen molar-refractivity contribution in [1.82, 2.24) is 4.90 Å². The van der Waals surface area contributed by atoms with Crippen molar-refractivity contribution in [1.29, 1.82) is 0 Å². The van der Waals surface area contributed by atoms with E-state index in [2.05, 4.69) is 20.8 Å². The first-order chi connectivity index (χ1) is 9.66. The van der Waals surface area contributed by atoms with E-state index < -0.39 is 11.6 Å². The molecule has 0 aromatic heterocycles. The Hall–Kier alpha value is -0.480. The van der Waals surface area contributed by atoms with Gasteiger partial charge in [-0.3, -0.25) is 4.90 Å². The molecule has 2 fully saturated rings. The molecule has 2 aliphatic rings. The lowest BCUT2D eigenvalue weighted by atomic mass is 9.95. The molecule has 0 bridgehead atoms. The summed E-state index contributed by atoms with van der Waals surface area (Å²) in [7, 11) is 0. The predicted molar refractivity (Wildman–Crippen MR) is 79.4 cm³/mol. The molecule has 1 unspecified atom stereocenters. The molecule has 1 aliphatic heterocycles. The second-order valence-electron chi connectivity index (χ2n) is 6.05. The fourth-order valence-corrected chi connectivity index (χ4v) is 4.21. The Balaban J connectivity index is 1.78. The van der Waals surface area contributed by atoms with Crippen LogP contribution in [0.5, 0.6) is 0 Å². The fourth-order valence-electron chi connectivity index (χ4n) is 3.84. The summed E-state index contributed by atoms with van der Waals surface area (Å²) in [6.45, 7) is 1.37. The number of hydrogen-bond acceptors (Lipinski definition) is 1. The van der Waals surface area contributed by atoms with Gasteiger partial charge in [0.05, 0.1) is 4.47 Å². The summed E-state index contributed by atoms with van der Waals surface area (Å²) in [5, 5.41) is 0. The third-order valence-electron chi connectivity index (χ3n) is 4.86. The first-order valence-corrected chi connectivity index (χ1v) is 8.32. The van der Waals surface area contributed by atoms with Crippen molar-refractivity contribution in [3.63, 3.8) is 0 Å². The third-order valence-corrected chi connectivity index (χ3v) is 5.47. The van der Waals surface area contributed by atoms with Crippen molar-refractivity contribution in [3.05, 3.63) is 33.8 Å². The second kappa shape index (κ2) is 6.10. The molecule has 1 saturated heterocycles. The van der Waals surface area contributed by atoms with E-state index in [1.165, 1.54) is 44.2 Å². The van der Waals surface area contributed by atoms with Gasteiger partial charge in [0.2, 0.25) is 0 Å². The van der Waals surface area contributed by atoms with Crippen LogP contribution in [0.15, 0.2) is 16.6 Å². The molecule has 1 aliphatic carbocycles.